The minimum atomic E-state index is -3.84. The molecule has 0 saturated heterocycles. The van der Waals surface area contributed by atoms with Gasteiger partial charge >= 0.3 is 0 Å². The van der Waals surface area contributed by atoms with Gasteiger partial charge in [-0.25, -0.2) is 8.42 Å². The van der Waals surface area contributed by atoms with Gasteiger partial charge in [-0.05, 0) is 43.8 Å². The molecule has 6 nitrogen and oxygen atoms in total. The molecule has 2 aromatic carbocycles. The molecule has 2 aromatic rings. The molecule has 136 valence electrons. The summed E-state index contributed by atoms with van der Waals surface area (Å²) in [6.45, 7) is 5.12. The van der Waals surface area contributed by atoms with E-state index < -0.39 is 9.84 Å². The average Bonchev–Trinajstić information content (AvgIpc) is 2.64. The summed E-state index contributed by atoms with van der Waals surface area (Å²) in [4.78, 5) is 24.8. The first-order valence-electron chi connectivity index (χ1n) is 8.40. The standard InChI is InChI=1S/C19H20N2O4S/c1-3-20-12(2)11-21-19(23)13-8-9-15-17(10-13)26(24,25)16-7-5-4-6-14(16)18(15)22/h4-10,12,20H,3,11H2,1-2H3,(H,21,23)/t12-/m1/s1. The molecular weight excluding hydrogens is 352 g/mol. The molecule has 0 aromatic heterocycles. The van der Waals surface area contributed by atoms with Crippen LogP contribution in [0.15, 0.2) is 52.3 Å². The third-order valence-corrected chi connectivity index (χ3v) is 6.17. The van der Waals surface area contributed by atoms with Crippen molar-refractivity contribution in [3.63, 3.8) is 0 Å². The molecule has 2 N–H and O–H groups in total. The molecule has 0 spiro atoms. The number of sulfone groups is 1. The van der Waals surface area contributed by atoms with E-state index in [1.165, 1.54) is 30.3 Å². The highest BCUT2D eigenvalue weighted by atomic mass is 32.2. The van der Waals surface area contributed by atoms with Crippen molar-refractivity contribution in [1.82, 2.24) is 10.6 Å². The minimum absolute atomic E-state index is 0.0178. The van der Waals surface area contributed by atoms with E-state index >= 15 is 0 Å². The third kappa shape index (κ3) is 3.15. The van der Waals surface area contributed by atoms with E-state index in [9.17, 15) is 18.0 Å². The van der Waals surface area contributed by atoms with Gasteiger partial charge in [0.15, 0.2) is 5.78 Å². The van der Waals surface area contributed by atoms with Crippen LogP contribution in [0, 0.1) is 0 Å². The summed E-state index contributed by atoms with van der Waals surface area (Å²) in [5.41, 5.74) is 0.473. The van der Waals surface area contributed by atoms with Gasteiger partial charge in [0.25, 0.3) is 5.91 Å². The van der Waals surface area contributed by atoms with Crippen molar-refractivity contribution < 1.29 is 18.0 Å². The Morgan fingerprint density at radius 1 is 1.08 bits per heavy atom. The maximum Gasteiger partial charge on any atom is 0.251 e. The summed E-state index contributed by atoms with van der Waals surface area (Å²) in [7, 11) is -3.84. The number of carbonyl (C=O) groups excluding carboxylic acids is 2. The van der Waals surface area contributed by atoms with Gasteiger partial charge in [0.1, 0.15) is 0 Å². The van der Waals surface area contributed by atoms with E-state index in [0.717, 1.165) is 6.54 Å². The van der Waals surface area contributed by atoms with E-state index in [2.05, 4.69) is 10.6 Å². The zero-order valence-electron chi connectivity index (χ0n) is 14.6. The Balaban J connectivity index is 1.95. The van der Waals surface area contributed by atoms with Crippen molar-refractivity contribution in [3.05, 3.63) is 59.2 Å². The van der Waals surface area contributed by atoms with E-state index in [1.807, 2.05) is 13.8 Å². The number of ketones is 1. The van der Waals surface area contributed by atoms with Gasteiger partial charge in [0.05, 0.1) is 9.79 Å². The maximum absolute atomic E-state index is 12.9. The summed E-state index contributed by atoms with van der Waals surface area (Å²) >= 11 is 0. The van der Waals surface area contributed by atoms with Gasteiger partial charge < -0.3 is 10.6 Å². The number of amides is 1. The minimum Gasteiger partial charge on any atom is -0.350 e. The zero-order chi connectivity index (χ0) is 18.9. The second-order valence-corrected chi connectivity index (χ2v) is 8.09. The van der Waals surface area contributed by atoms with Crippen LogP contribution in [0.2, 0.25) is 0 Å². The van der Waals surface area contributed by atoms with Crippen molar-refractivity contribution in [3.8, 4) is 0 Å². The number of nitrogens with one attached hydrogen (secondary N) is 2. The molecule has 0 bridgehead atoms. The number of hydrogen-bond donors (Lipinski definition) is 2. The lowest BCUT2D eigenvalue weighted by Gasteiger charge is -2.19. The fraction of sp³-hybridized carbons (Fsp3) is 0.263. The number of rotatable bonds is 5. The van der Waals surface area contributed by atoms with Gasteiger partial charge in [0, 0.05) is 29.3 Å². The molecule has 0 aliphatic carbocycles. The van der Waals surface area contributed by atoms with E-state index in [4.69, 9.17) is 0 Å². The largest absolute Gasteiger partial charge is 0.350 e. The summed E-state index contributed by atoms with van der Waals surface area (Å²) < 4.78 is 25.7. The highest BCUT2D eigenvalue weighted by Gasteiger charge is 2.34. The van der Waals surface area contributed by atoms with Crippen molar-refractivity contribution in [2.45, 2.75) is 29.7 Å². The Morgan fingerprint density at radius 2 is 1.77 bits per heavy atom. The van der Waals surface area contributed by atoms with Crippen LogP contribution in [0.5, 0.6) is 0 Å². The highest BCUT2D eigenvalue weighted by molar-refractivity contribution is 7.91. The first-order valence-corrected chi connectivity index (χ1v) is 9.89. The summed E-state index contributed by atoms with van der Waals surface area (Å²) in [5, 5.41) is 5.94. The molecule has 1 atom stereocenters. The quantitative estimate of drug-likeness (QED) is 0.712. The first kappa shape index (κ1) is 18.3. The van der Waals surface area contributed by atoms with Gasteiger partial charge in [0.2, 0.25) is 9.84 Å². The van der Waals surface area contributed by atoms with Crippen molar-refractivity contribution in [2.75, 3.05) is 13.1 Å². The van der Waals surface area contributed by atoms with Gasteiger partial charge in [-0.15, -0.1) is 0 Å². The molecule has 3 rings (SSSR count). The second-order valence-electron chi connectivity index (χ2n) is 6.21. The predicted octanol–water partition coefficient (Wildman–Crippen LogP) is 1.79. The van der Waals surface area contributed by atoms with Gasteiger partial charge in [-0.1, -0.05) is 19.1 Å². The van der Waals surface area contributed by atoms with Crippen molar-refractivity contribution >= 4 is 21.5 Å². The Kier molecular flexibility index (Phi) is 4.93. The van der Waals surface area contributed by atoms with Crippen molar-refractivity contribution in [1.29, 1.82) is 0 Å². The number of fused-ring (bicyclic) bond motifs is 2. The maximum atomic E-state index is 12.9. The first-order chi connectivity index (χ1) is 12.4. The Morgan fingerprint density at radius 3 is 2.50 bits per heavy atom. The lowest BCUT2D eigenvalue weighted by molar-refractivity contribution is 0.0948. The fourth-order valence-electron chi connectivity index (χ4n) is 2.99. The molecular formula is C19H20N2O4S. The molecule has 7 heteroatoms. The molecule has 1 amide bonds. The fourth-order valence-corrected chi connectivity index (χ4v) is 4.67. The third-order valence-electron chi connectivity index (χ3n) is 4.32. The van der Waals surface area contributed by atoms with Crippen LogP contribution in [0.3, 0.4) is 0 Å². The average molecular weight is 372 g/mol. The number of hydrogen-bond acceptors (Lipinski definition) is 5. The zero-order valence-corrected chi connectivity index (χ0v) is 15.4. The topological polar surface area (TPSA) is 92.3 Å². The summed E-state index contributed by atoms with van der Waals surface area (Å²) in [6, 6.07) is 10.4. The molecule has 0 radical (unpaired) electrons. The molecule has 1 heterocycles. The molecule has 1 aliphatic rings. The van der Waals surface area contributed by atoms with Crippen LogP contribution in [0.1, 0.15) is 40.1 Å². The normalized spacial score (nSPS) is 15.7. The SMILES string of the molecule is CCN[C@H](C)CNC(=O)c1ccc2c(c1)S(=O)(=O)c1ccccc1C2=O. The smallest absolute Gasteiger partial charge is 0.251 e. The lowest BCUT2D eigenvalue weighted by Crippen LogP contribution is -2.38. The van der Waals surface area contributed by atoms with E-state index in [-0.39, 0.29) is 44.2 Å². The number of carbonyl (C=O) groups is 2. The summed E-state index contributed by atoms with van der Waals surface area (Å²) in [5.74, 6) is -0.725. The van der Waals surface area contributed by atoms with Crippen molar-refractivity contribution in [2.24, 2.45) is 0 Å². The molecule has 0 fully saturated rings. The van der Waals surface area contributed by atoms with Crippen LogP contribution < -0.4 is 10.6 Å². The Labute approximate surface area is 152 Å². The van der Waals surface area contributed by atoms with Crippen LogP contribution in [-0.4, -0.2) is 39.2 Å². The second kappa shape index (κ2) is 7.01. The molecule has 1 aliphatic heterocycles. The predicted molar refractivity (Wildman–Crippen MR) is 97.2 cm³/mol. The summed E-state index contributed by atoms with van der Waals surface area (Å²) in [6.07, 6.45) is 0. The Hall–Kier alpha value is -2.51. The number of likely N-dealkylation sites (N-methyl/N-ethyl adjacent to an activating group) is 1. The lowest BCUT2D eigenvalue weighted by atomic mass is 10.0. The van der Waals surface area contributed by atoms with E-state index in [1.54, 1.807) is 12.1 Å². The molecule has 26 heavy (non-hydrogen) atoms. The number of benzene rings is 2. The van der Waals surface area contributed by atoms with Crippen LogP contribution in [0.4, 0.5) is 0 Å². The highest BCUT2D eigenvalue weighted by Crippen LogP contribution is 2.34. The molecule has 0 saturated carbocycles. The van der Waals surface area contributed by atoms with Crippen LogP contribution >= 0.6 is 0 Å². The van der Waals surface area contributed by atoms with Gasteiger partial charge in [-0.2, -0.15) is 0 Å². The monoisotopic (exact) mass is 372 g/mol. The Bertz CT molecular complexity index is 983. The van der Waals surface area contributed by atoms with Crippen LogP contribution in [-0.2, 0) is 9.84 Å². The molecule has 0 unspecified atom stereocenters. The van der Waals surface area contributed by atoms with E-state index in [0.29, 0.717) is 6.54 Å². The van der Waals surface area contributed by atoms with Crippen LogP contribution in [0.25, 0.3) is 0 Å². The van der Waals surface area contributed by atoms with Gasteiger partial charge in [-0.3, -0.25) is 9.59 Å².